The molecule has 1 aromatic rings. The van der Waals surface area contributed by atoms with E-state index in [1.54, 1.807) is 0 Å². The first-order valence-corrected chi connectivity index (χ1v) is 11.6. The molecule has 0 heterocycles. The van der Waals surface area contributed by atoms with Crippen LogP contribution in [0.15, 0.2) is 30.3 Å². The van der Waals surface area contributed by atoms with Crippen LogP contribution in [0, 0.1) is 5.92 Å². The lowest BCUT2D eigenvalue weighted by Gasteiger charge is -2.25. The minimum Gasteiger partial charge on any atom is -0.469 e. The molecule has 2 unspecified atom stereocenters. The maximum Gasteiger partial charge on any atom is 0.307 e. The summed E-state index contributed by atoms with van der Waals surface area (Å²) in [5.41, 5.74) is 0.867. The number of carbonyl (C=O) groups excluding carboxylic acids is 5. The third-order valence-corrected chi connectivity index (χ3v) is 5.68. The van der Waals surface area contributed by atoms with E-state index in [2.05, 4.69) is 20.7 Å². The minimum absolute atomic E-state index is 0.0492. The van der Waals surface area contributed by atoms with Gasteiger partial charge in [-0.05, 0) is 17.9 Å². The largest absolute Gasteiger partial charge is 0.469 e. The van der Waals surface area contributed by atoms with Crippen molar-refractivity contribution < 1.29 is 28.7 Å². The summed E-state index contributed by atoms with van der Waals surface area (Å²) in [6.45, 7) is 5.07. The zero-order chi connectivity index (χ0) is 25.0. The number of carbonyl (C=O) groups is 5. The molecule has 0 radical (unpaired) electrons. The number of benzene rings is 1. The number of methoxy groups -OCH3 is 1. The monoisotopic (exact) mass is 479 g/mol. The van der Waals surface area contributed by atoms with Crippen molar-refractivity contribution in [3.05, 3.63) is 35.9 Å². The first-order chi connectivity index (χ1) is 15.6. The maximum atomic E-state index is 13.1. The van der Waals surface area contributed by atoms with E-state index in [9.17, 15) is 24.0 Å². The summed E-state index contributed by atoms with van der Waals surface area (Å²) in [7, 11) is 2.67. The second kappa shape index (κ2) is 14.3. The normalized spacial score (nSPS) is 13.4. The van der Waals surface area contributed by atoms with Crippen LogP contribution in [0.4, 0.5) is 0 Å². The van der Waals surface area contributed by atoms with Gasteiger partial charge in [0.1, 0.15) is 17.3 Å². The number of rotatable bonds is 12. The number of thioether (sulfide) groups is 1. The van der Waals surface area contributed by atoms with E-state index in [0.29, 0.717) is 18.2 Å². The summed E-state index contributed by atoms with van der Waals surface area (Å²) in [6.07, 6.45) is 0.274. The molecule has 0 saturated heterocycles. The number of amides is 3. The molecule has 0 aliphatic carbocycles. The van der Waals surface area contributed by atoms with Crippen LogP contribution >= 0.6 is 11.8 Å². The fraction of sp³-hybridized carbons (Fsp3) is 0.522. The van der Waals surface area contributed by atoms with Crippen LogP contribution in [0.3, 0.4) is 0 Å². The first-order valence-electron chi connectivity index (χ1n) is 10.7. The van der Waals surface area contributed by atoms with Crippen molar-refractivity contribution in [2.24, 2.45) is 5.92 Å². The lowest BCUT2D eigenvalue weighted by atomic mass is 10.0. The maximum absolute atomic E-state index is 13.1. The highest BCUT2D eigenvalue weighted by atomic mass is 32.2. The lowest BCUT2D eigenvalue weighted by Crippen LogP contribution is -2.55. The van der Waals surface area contributed by atoms with Crippen molar-refractivity contribution in [3.8, 4) is 0 Å². The Morgan fingerprint density at radius 2 is 1.55 bits per heavy atom. The van der Waals surface area contributed by atoms with Crippen molar-refractivity contribution in [2.45, 2.75) is 57.4 Å². The molecule has 0 aliphatic heterocycles. The highest BCUT2D eigenvalue weighted by Gasteiger charge is 2.31. The summed E-state index contributed by atoms with van der Waals surface area (Å²) >= 11 is 0.701. The molecule has 3 amide bonds. The highest BCUT2D eigenvalue weighted by Crippen LogP contribution is 2.18. The van der Waals surface area contributed by atoms with E-state index >= 15 is 0 Å². The number of hydrogen-bond donors (Lipinski definition) is 3. The molecule has 0 saturated carbocycles. The van der Waals surface area contributed by atoms with E-state index in [1.165, 1.54) is 21.1 Å². The first kappa shape index (κ1) is 28.2. The Bertz CT molecular complexity index is 831. The molecule has 33 heavy (non-hydrogen) atoms. The van der Waals surface area contributed by atoms with Gasteiger partial charge in [0.15, 0.2) is 5.12 Å². The van der Waals surface area contributed by atoms with Gasteiger partial charge in [0, 0.05) is 20.4 Å². The van der Waals surface area contributed by atoms with Crippen molar-refractivity contribution in [1.29, 1.82) is 0 Å². The van der Waals surface area contributed by atoms with E-state index in [-0.39, 0.29) is 29.8 Å². The van der Waals surface area contributed by atoms with Gasteiger partial charge in [0.25, 0.3) is 0 Å². The topological polar surface area (TPSA) is 131 Å². The predicted octanol–water partition coefficient (Wildman–Crippen LogP) is 1.20. The Morgan fingerprint density at radius 3 is 2.06 bits per heavy atom. The molecule has 1 aromatic carbocycles. The third kappa shape index (κ3) is 10.5. The Morgan fingerprint density at radius 1 is 0.939 bits per heavy atom. The van der Waals surface area contributed by atoms with Gasteiger partial charge >= 0.3 is 5.97 Å². The molecular weight excluding hydrogens is 446 g/mol. The summed E-state index contributed by atoms with van der Waals surface area (Å²) < 4.78 is 4.61. The van der Waals surface area contributed by atoms with Gasteiger partial charge in [0.2, 0.25) is 17.7 Å². The van der Waals surface area contributed by atoms with Crippen molar-refractivity contribution in [1.82, 2.24) is 16.0 Å². The molecule has 0 fully saturated rings. The molecule has 3 N–H and O–H groups in total. The standard InChI is InChI=1S/C23H33N3O6S/c1-14(2)11-17(26-23(31)19(33-15(3)27)13-20(28)32-5)22(30)25-18(21(29)24-4)12-16-9-7-6-8-10-16/h6-10,14,17-19H,11-13H2,1-5H3,(H,24,29)(H,25,30)(H,26,31)/t17?,18-,19?/m0/s1. The molecule has 0 aliphatic rings. The van der Waals surface area contributed by atoms with Gasteiger partial charge < -0.3 is 20.7 Å². The Balaban J connectivity index is 3.01. The summed E-state index contributed by atoms with van der Waals surface area (Å²) in [5.74, 6) is -2.10. The molecule has 182 valence electrons. The van der Waals surface area contributed by atoms with Gasteiger partial charge in [0.05, 0.1) is 13.5 Å². The quantitative estimate of drug-likeness (QED) is 0.384. The molecule has 3 atom stereocenters. The second-order valence-corrected chi connectivity index (χ2v) is 9.31. The molecule has 1 rings (SSSR count). The van der Waals surface area contributed by atoms with Gasteiger partial charge in [-0.15, -0.1) is 0 Å². The van der Waals surface area contributed by atoms with E-state index in [1.807, 2.05) is 44.2 Å². The fourth-order valence-electron chi connectivity index (χ4n) is 3.10. The number of ether oxygens (including phenoxy) is 1. The van der Waals surface area contributed by atoms with Gasteiger partial charge in [-0.25, -0.2) is 0 Å². The Hall–Kier alpha value is -2.88. The summed E-state index contributed by atoms with van der Waals surface area (Å²) in [6, 6.07) is 7.45. The molecular formula is C23H33N3O6S. The van der Waals surface area contributed by atoms with Gasteiger partial charge in [-0.1, -0.05) is 55.9 Å². The van der Waals surface area contributed by atoms with Gasteiger partial charge in [-0.3, -0.25) is 24.0 Å². The molecule has 0 bridgehead atoms. The van der Waals surface area contributed by atoms with Crippen LogP contribution in [0.25, 0.3) is 0 Å². The van der Waals surface area contributed by atoms with E-state index in [0.717, 1.165) is 5.56 Å². The molecule has 0 aromatic heterocycles. The average Bonchev–Trinajstić information content (AvgIpc) is 2.76. The Kier molecular flexibility index (Phi) is 12.2. The summed E-state index contributed by atoms with van der Waals surface area (Å²) in [5, 5.41) is 6.55. The van der Waals surface area contributed by atoms with Crippen LogP contribution in [-0.2, 0) is 35.1 Å². The van der Waals surface area contributed by atoms with Crippen molar-refractivity contribution >= 4 is 40.6 Å². The molecule has 9 nitrogen and oxygen atoms in total. The van der Waals surface area contributed by atoms with Crippen LogP contribution in [0.1, 0.15) is 39.2 Å². The van der Waals surface area contributed by atoms with Crippen molar-refractivity contribution in [2.75, 3.05) is 14.2 Å². The number of nitrogens with one attached hydrogen (secondary N) is 3. The number of esters is 1. The van der Waals surface area contributed by atoms with Crippen LogP contribution < -0.4 is 16.0 Å². The SMILES string of the molecule is CNC(=O)[C@H](Cc1ccccc1)NC(=O)C(CC(C)C)NC(=O)C(CC(=O)OC)SC(C)=O. The fourth-order valence-corrected chi connectivity index (χ4v) is 3.89. The summed E-state index contributed by atoms with van der Waals surface area (Å²) in [4.78, 5) is 61.6. The lowest BCUT2D eigenvalue weighted by molar-refractivity contribution is -0.142. The average molecular weight is 480 g/mol. The van der Waals surface area contributed by atoms with Crippen LogP contribution in [0.2, 0.25) is 0 Å². The zero-order valence-electron chi connectivity index (χ0n) is 19.7. The number of hydrogen-bond acceptors (Lipinski definition) is 7. The highest BCUT2D eigenvalue weighted by molar-refractivity contribution is 8.14. The third-order valence-electron chi connectivity index (χ3n) is 4.68. The van der Waals surface area contributed by atoms with Crippen LogP contribution in [0.5, 0.6) is 0 Å². The van der Waals surface area contributed by atoms with Gasteiger partial charge in [-0.2, -0.15) is 0 Å². The Labute approximate surface area is 198 Å². The zero-order valence-corrected chi connectivity index (χ0v) is 20.5. The second-order valence-electron chi connectivity index (χ2n) is 7.93. The minimum atomic E-state index is -1.03. The van der Waals surface area contributed by atoms with Crippen molar-refractivity contribution in [3.63, 3.8) is 0 Å². The number of likely N-dealkylation sites (N-methyl/N-ethyl adjacent to an activating group) is 1. The smallest absolute Gasteiger partial charge is 0.307 e. The van der Waals surface area contributed by atoms with Crippen LogP contribution in [-0.4, -0.2) is 60.3 Å². The predicted molar refractivity (Wildman–Crippen MR) is 126 cm³/mol. The van der Waals surface area contributed by atoms with E-state index < -0.39 is 35.1 Å². The van der Waals surface area contributed by atoms with E-state index in [4.69, 9.17) is 0 Å². The molecule has 10 heteroatoms. The molecule has 0 spiro atoms.